The molecule has 0 aliphatic rings. The van der Waals surface area contributed by atoms with E-state index >= 15 is 0 Å². The Labute approximate surface area is 109 Å². The second kappa shape index (κ2) is 5.05. The fourth-order valence-corrected chi connectivity index (χ4v) is 2.44. The number of aliphatic hydroxyl groups is 1. The third kappa shape index (κ3) is 2.69. The molecule has 0 saturated heterocycles. The first-order valence-electron chi connectivity index (χ1n) is 5.66. The Morgan fingerprint density at radius 3 is 2.89 bits per heavy atom. The van der Waals surface area contributed by atoms with Crippen molar-refractivity contribution in [2.45, 2.75) is 25.8 Å². The minimum atomic E-state index is -0.246. The molecule has 0 amide bonds. The van der Waals surface area contributed by atoms with E-state index in [0.29, 0.717) is 12.4 Å². The number of hydrogen-bond acceptors (Lipinski definition) is 7. The summed E-state index contributed by atoms with van der Waals surface area (Å²) in [5, 5.41) is 15.3. The van der Waals surface area contributed by atoms with Crippen LogP contribution in [-0.2, 0) is 0 Å². The summed E-state index contributed by atoms with van der Waals surface area (Å²) in [7, 11) is 0. The van der Waals surface area contributed by atoms with Crippen LogP contribution < -0.4 is 16.6 Å². The Kier molecular flexibility index (Phi) is 3.65. The van der Waals surface area contributed by atoms with Crippen LogP contribution in [-0.4, -0.2) is 27.2 Å². The highest BCUT2D eigenvalue weighted by molar-refractivity contribution is 7.16. The molecule has 7 heteroatoms. The average Bonchev–Trinajstić information content (AvgIpc) is 2.76. The van der Waals surface area contributed by atoms with Crippen molar-refractivity contribution in [3.05, 3.63) is 11.4 Å². The minimum absolute atomic E-state index is 0.125. The Morgan fingerprint density at radius 2 is 2.22 bits per heavy atom. The van der Waals surface area contributed by atoms with Crippen LogP contribution in [0, 0.1) is 0 Å². The van der Waals surface area contributed by atoms with Gasteiger partial charge in [-0.25, -0.2) is 10.8 Å². The molecule has 0 aromatic carbocycles. The highest BCUT2D eigenvalue weighted by Gasteiger charge is 2.19. The maximum atomic E-state index is 9.05. The van der Waals surface area contributed by atoms with E-state index in [-0.39, 0.29) is 12.1 Å². The number of aliphatic hydroxyl groups excluding tert-OH is 1. The number of nitrogens with zero attached hydrogens (tertiary/aromatic N) is 2. The number of hydrazine groups is 1. The molecule has 2 aromatic rings. The fraction of sp³-hybridized carbons (Fsp3) is 0.455. The molecule has 0 unspecified atom stereocenters. The number of nitrogen functional groups attached to an aromatic ring is 1. The van der Waals surface area contributed by atoms with Gasteiger partial charge in [0.1, 0.15) is 10.6 Å². The maximum absolute atomic E-state index is 9.05. The van der Waals surface area contributed by atoms with E-state index in [9.17, 15) is 0 Å². The lowest BCUT2D eigenvalue weighted by Crippen LogP contribution is -2.32. The zero-order valence-electron chi connectivity index (χ0n) is 10.4. The summed E-state index contributed by atoms with van der Waals surface area (Å²) in [4.78, 5) is 9.47. The molecule has 0 fully saturated rings. The van der Waals surface area contributed by atoms with Gasteiger partial charge in [0.2, 0.25) is 5.95 Å². The molecule has 0 bridgehead atoms. The molecule has 0 saturated carbocycles. The average molecular weight is 267 g/mol. The van der Waals surface area contributed by atoms with Gasteiger partial charge in [0.25, 0.3) is 0 Å². The first kappa shape index (κ1) is 13.0. The van der Waals surface area contributed by atoms with Gasteiger partial charge < -0.3 is 10.4 Å². The third-order valence-corrected chi connectivity index (χ3v) is 3.45. The summed E-state index contributed by atoms with van der Waals surface area (Å²) >= 11 is 1.53. The fourth-order valence-electron chi connectivity index (χ4n) is 1.68. The zero-order valence-corrected chi connectivity index (χ0v) is 11.2. The predicted octanol–water partition coefficient (Wildman–Crippen LogP) is 1.55. The van der Waals surface area contributed by atoms with E-state index in [1.165, 1.54) is 11.3 Å². The molecular formula is C11H17N5OS. The van der Waals surface area contributed by atoms with E-state index in [0.717, 1.165) is 16.0 Å². The first-order chi connectivity index (χ1) is 8.55. The molecular weight excluding hydrogens is 250 g/mol. The van der Waals surface area contributed by atoms with Gasteiger partial charge in [0, 0.05) is 12.1 Å². The van der Waals surface area contributed by atoms with Crippen molar-refractivity contribution in [2.24, 2.45) is 5.84 Å². The van der Waals surface area contributed by atoms with Crippen LogP contribution in [0.3, 0.4) is 0 Å². The molecule has 98 valence electrons. The van der Waals surface area contributed by atoms with Crippen LogP contribution in [0.5, 0.6) is 0 Å². The molecule has 6 nitrogen and oxygen atoms in total. The highest BCUT2D eigenvalue weighted by atomic mass is 32.1. The van der Waals surface area contributed by atoms with Crippen molar-refractivity contribution in [2.75, 3.05) is 17.3 Å². The van der Waals surface area contributed by atoms with Crippen LogP contribution in [0.2, 0.25) is 0 Å². The number of nitrogens with two attached hydrogens (primary N) is 1. The van der Waals surface area contributed by atoms with E-state index in [4.69, 9.17) is 10.9 Å². The van der Waals surface area contributed by atoms with Gasteiger partial charge in [0.05, 0.1) is 5.39 Å². The Bertz CT molecular complexity index is 539. The van der Waals surface area contributed by atoms with E-state index < -0.39 is 0 Å². The van der Waals surface area contributed by atoms with E-state index in [2.05, 4.69) is 20.7 Å². The maximum Gasteiger partial charge on any atom is 0.240 e. The quantitative estimate of drug-likeness (QED) is 0.485. The van der Waals surface area contributed by atoms with Gasteiger partial charge in [-0.1, -0.05) is 0 Å². The SMILES string of the molecule is CC(C)(CCO)Nc1nc(NN)nc2sccc12. The van der Waals surface area contributed by atoms with Gasteiger partial charge in [-0.2, -0.15) is 4.98 Å². The van der Waals surface area contributed by atoms with Crippen LogP contribution in [0.25, 0.3) is 10.2 Å². The highest BCUT2D eigenvalue weighted by Crippen LogP contribution is 2.28. The molecule has 0 atom stereocenters. The third-order valence-electron chi connectivity index (χ3n) is 2.65. The molecule has 0 spiro atoms. The van der Waals surface area contributed by atoms with Gasteiger partial charge in [0.15, 0.2) is 0 Å². The van der Waals surface area contributed by atoms with Crippen LogP contribution >= 0.6 is 11.3 Å². The molecule has 2 heterocycles. The first-order valence-corrected chi connectivity index (χ1v) is 6.54. The summed E-state index contributed by atoms with van der Waals surface area (Å²) in [6.45, 7) is 4.15. The topological polar surface area (TPSA) is 96.1 Å². The smallest absolute Gasteiger partial charge is 0.240 e. The predicted molar refractivity (Wildman–Crippen MR) is 74.6 cm³/mol. The molecule has 18 heavy (non-hydrogen) atoms. The van der Waals surface area contributed by atoms with Gasteiger partial charge in [-0.15, -0.1) is 11.3 Å². The molecule has 0 aliphatic carbocycles. The van der Waals surface area contributed by atoms with Gasteiger partial charge in [-0.05, 0) is 31.7 Å². The van der Waals surface area contributed by atoms with Gasteiger partial charge in [-0.3, -0.25) is 5.43 Å². The molecule has 0 radical (unpaired) electrons. The molecule has 2 aromatic heterocycles. The second-order valence-corrected chi connectivity index (χ2v) is 5.56. The summed E-state index contributed by atoms with van der Waals surface area (Å²) in [5.74, 6) is 6.47. The lowest BCUT2D eigenvalue weighted by atomic mass is 10.0. The number of hydrogen-bond donors (Lipinski definition) is 4. The van der Waals surface area contributed by atoms with Crippen molar-refractivity contribution >= 4 is 33.3 Å². The molecule has 0 aliphatic heterocycles. The zero-order chi connectivity index (χ0) is 13.2. The monoisotopic (exact) mass is 267 g/mol. The van der Waals surface area contributed by atoms with Crippen LogP contribution in [0.4, 0.5) is 11.8 Å². The number of fused-ring (bicyclic) bond motifs is 1. The van der Waals surface area contributed by atoms with Crippen molar-refractivity contribution in [3.8, 4) is 0 Å². The lowest BCUT2D eigenvalue weighted by Gasteiger charge is -2.26. The molecule has 2 rings (SSSR count). The van der Waals surface area contributed by atoms with Crippen molar-refractivity contribution in [3.63, 3.8) is 0 Å². The largest absolute Gasteiger partial charge is 0.396 e. The summed E-state index contributed by atoms with van der Waals surface area (Å²) in [6, 6.07) is 1.97. The number of thiophene rings is 1. The van der Waals surface area contributed by atoms with Crippen molar-refractivity contribution < 1.29 is 5.11 Å². The number of anilines is 2. The number of rotatable bonds is 5. The van der Waals surface area contributed by atoms with Crippen molar-refractivity contribution in [1.82, 2.24) is 9.97 Å². The summed E-state index contributed by atoms with van der Waals surface area (Å²) in [5.41, 5.74) is 2.22. The number of aromatic nitrogens is 2. The lowest BCUT2D eigenvalue weighted by molar-refractivity contribution is 0.260. The Balaban J connectivity index is 2.39. The normalized spacial score (nSPS) is 11.8. The standard InChI is InChI=1S/C11H17N5OS/c1-11(2,4-5-17)15-8-7-3-6-18-9(7)14-10(13-8)16-12/h3,6,17H,4-5,12H2,1-2H3,(H2,13,14,15,16). The molecule has 5 N–H and O–H groups in total. The number of nitrogens with one attached hydrogen (secondary N) is 2. The van der Waals surface area contributed by atoms with E-state index in [1.54, 1.807) is 0 Å². The summed E-state index contributed by atoms with van der Waals surface area (Å²) in [6.07, 6.45) is 0.633. The summed E-state index contributed by atoms with van der Waals surface area (Å²) < 4.78 is 0. The van der Waals surface area contributed by atoms with Gasteiger partial charge >= 0.3 is 0 Å². The van der Waals surface area contributed by atoms with Crippen LogP contribution in [0.15, 0.2) is 11.4 Å². The van der Waals surface area contributed by atoms with Crippen LogP contribution in [0.1, 0.15) is 20.3 Å². The Hall–Kier alpha value is -1.44. The minimum Gasteiger partial charge on any atom is -0.396 e. The van der Waals surface area contributed by atoms with E-state index in [1.807, 2.05) is 25.3 Å². The second-order valence-electron chi connectivity index (χ2n) is 4.66. The van der Waals surface area contributed by atoms with Crippen molar-refractivity contribution in [1.29, 1.82) is 0 Å². The Morgan fingerprint density at radius 1 is 1.44 bits per heavy atom.